The van der Waals surface area contributed by atoms with Gasteiger partial charge in [-0.2, -0.15) is 0 Å². The summed E-state index contributed by atoms with van der Waals surface area (Å²) in [7, 11) is 0. The fourth-order valence-electron chi connectivity index (χ4n) is 3.82. The predicted octanol–water partition coefficient (Wildman–Crippen LogP) is 10.5. The Labute approximate surface area is 314 Å². The Morgan fingerprint density at radius 3 is 1.33 bits per heavy atom. The zero-order chi connectivity index (χ0) is 31.1. The van der Waals surface area contributed by atoms with Crippen molar-refractivity contribution in [1.29, 1.82) is 0 Å². The summed E-state index contributed by atoms with van der Waals surface area (Å²) >= 11 is 16.3. The maximum atomic E-state index is 12.0. The number of nitrogens with one attached hydrogen (secondary N) is 2. The molecule has 0 radical (unpaired) electrons. The Balaban J connectivity index is 0.000000200. The Morgan fingerprint density at radius 2 is 0.956 bits per heavy atom. The molecule has 0 amide bonds. The third-order valence-corrected chi connectivity index (χ3v) is 9.56. The summed E-state index contributed by atoms with van der Waals surface area (Å²) in [4.78, 5) is 33.1. The molecule has 0 saturated carbocycles. The van der Waals surface area contributed by atoms with Gasteiger partial charge in [-0.1, -0.05) is 92.5 Å². The average molecular weight is 942 g/mol. The Morgan fingerprint density at radius 1 is 0.578 bits per heavy atom. The molecule has 2 N–H and O–H groups in total. The third-order valence-electron chi connectivity index (χ3n) is 5.92. The number of carbonyl (C=O) groups is 2. The largest absolute Gasteiger partial charge is 0.337 e. The summed E-state index contributed by atoms with van der Waals surface area (Å²) in [6, 6.07) is 20.0. The molecule has 0 fully saturated rings. The predicted molar refractivity (Wildman–Crippen MR) is 197 cm³/mol. The van der Waals surface area contributed by atoms with Crippen LogP contribution < -0.4 is 10.6 Å². The topological polar surface area (TPSA) is 84.0 Å². The van der Waals surface area contributed by atoms with Crippen LogP contribution in [-0.2, 0) is 29.1 Å². The van der Waals surface area contributed by atoms with Gasteiger partial charge in [0.05, 0.1) is 20.4 Å². The zero-order valence-electron chi connectivity index (χ0n) is 23.1. The standard InChI is InChI=1S/2C16H10Br2N2OS.Zn/c2*17-12-6-11(15(21)13(18)7-12)8-19-16-20-14(9-22-16)10-4-2-1-3-5-10;/h2*1-9H,(H,19,20);. The molecule has 2 heterocycles. The summed E-state index contributed by atoms with van der Waals surface area (Å²) in [5, 5.41) is 11.6. The molecule has 0 atom stereocenters. The van der Waals surface area contributed by atoms with Gasteiger partial charge in [-0.15, -0.1) is 22.7 Å². The van der Waals surface area contributed by atoms with E-state index < -0.39 is 0 Å². The minimum absolute atomic E-state index is 0. The fraction of sp³-hybridized carbons (Fsp3) is 0. The van der Waals surface area contributed by atoms with E-state index in [0.717, 1.165) is 41.7 Å². The zero-order valence-corrected chi connectivity index (χ0v) is 34.1. The Hall–Kier alpha value is -2.38. The number of rotatable bonds is 6. The number of allylic oxidation sites excluding steroid dienone is 10. The average Bonchev–Trinajstić information content (AvgIpc) is 3.71. The molecule has 0 spiro atoms. The van der Waals surface area contributed by atoms with E-state index in [1.807, 2.05) is 71.4 Å². The molecule has 0 bridgehead atoms. The van der Waals surface area contributed by atoms with Gasteiger partial charge in [0.25, 0.3) is 0 Å². The number of hydrogen-bond acceptors (Lipinski definition) is 8. The van der Waals surface area contributed by atoms with Crippen LogP contribution in [0.1, 0.15) is 0 Å². The first-order valence-corrected chi connectivity index (χ1v) is 17.7. The van der Waals surface area contributed by atoms with Gasteiger partial charge in [-0.25, -0.2) is 9.97 Å². The summed E-state index contributed by atoms with van der Waals surface area (Å²) in [5.74, 6) is -0.119. The molecule has 4 aromatic rings. The van der Waals surface area contributed by atoms with Gasteiger partial charge >= 0.3 is 0 Å². The molecule has 2 aromatic heterocycles. The van der Waals surface area contributed by atoms with E-state index in [9.17, 15) is 9.59 Å². The van der Waals surface area contributed by atoms with E-state index in [1.54, 1.807) is 36.7 Å². The van der Waals surface area contributed by atoms with Crippen LogP contribution in [-0.4, -0.2) is 21.5 Å². The molecule has 6 nitrogen and oxygen atoms in total. The van der Waals surface area contributed by atoms with Crippen molar-refractivity contribution in [3.8, 4) is 22.5 Å². The second-order valence-corrected chi connectivity index (χ2v) is 14.3. The molecule has 0 unspecified atom stereocenters. The number of carbonyl (C=O) groups excluding carboxylic acids is 2. The van der Waals surface area contributed by atoms with Gasteiger partial charge in [-0.3, -0.25) is 9.59 Å². The van der Waals surface area contributed by atoms with Crippen molar-refractivity contribution < 1.29 is 29.1 Å². The van der Waals surface area contributed by atoms with Crippen LogP contribution >= 0.6 is 86.4 Å². The molecule has 0 saturated heterocycles. The molecular weight excluding hydrogens is 922 g/mol. The first kappa shape index (κ1) is 35.5. The summed E-state index contributed by atoms with van der Waals surface area (Å²) in [6.45, 7) is 0. The Kier molecular flexibility index (Phi) is 13.4. The van der Waals surface area contributed by atoms with Crippen molar-refractivity contribution in [2.24, 2.45) is 0 Å². The number of benzene rings is 2. The minimum atomic E-state index is -0.0597. The van der Waals surface area contributed by atoms with Gasteiger partial charge < -0.3 is 10.6 Å². The van der Waals surface area contributed by atoms with Crippen LogP contribution in [0.3, 0.4) is 0 Å². The maximum absolute atomic E-state index is 12.0. The number of hydrogen-bond donors (Lipinski definition) is 2. The number of halogens is 4. The number of nitrogens with zero attached hydrogens (tertiary/aromatic N) is 2. The molecule has 2 aliphatic rings. The summed E-state index contributed by atoms with van der Waals surface area (Å²) in [5.41, 5.74) is 5.11. The van der Waals surface area contributed by atoms with Crippen molar-refractivity contribution in [3.05, 3.63) is 137 Å². The van der Waals surface area contributed by atoms with Crippen LogP contribution in [0.4, 0.5) is 10.3 Å². The molecule has 6 rings (SSSR count). The van der Waals surface area contributed by atoms with Crippen molar-refractivity contribution >= 4 is 108 Å². The van der Waals surface area contributed by atoms with Gasteiger partial charge in [0, 0.05) is 73.9 Å². The first-order chi connectivity index (χ1) is 21.3. The quantitative estimate of drug-likeness (QED) is 0.148. The van der Waals surface area contributed by atoms with Crippen molar-refractivity contribution in [2.45, 2.75) is 0 Å². The minimum Gasteiger partial charge on any atom is -0.337 e. The van der Waals surface area contributed by atoms with E-state index in [-0.39, 0.29) is 31.0 Å². The molecule has 13 heteroatoms. The molecule has 45 heavy (non-hydrogen) atoms. The van der Waals surface area contributed by atoms with E-state index in [1.165, 1.54) is 22.7 Å². The van der Waals surface area contributed by atoms with E-state index in [2.05, 4.69) is 84.3 Å². The number of aromatic nitrogens is 2. The van der Waals surface area contributed by atoms with Crippen LogP contribution in [0, 0.1) is 0 Å². The smallest absolute Gasteiger partial charge is 0.201 e. The van der Waals surface area contributed by atoms with E-state index in [4.69, 9.17) is 0 Å². The molecule has 2 aromatic carbocycles. The van der Waals surface area contributed by atoms with Gasteiger partial charge in [0.15, 0.2) is 10.3 Å². The van der Waals surface area contributed by atoms with Crippen molar-refractivity contribution in [1.82, 2.24) is 9.97 Å². The maximum Gasteiger partial charge on any atom is 0.201 e. The van der Waals surface area contributed by atoms with E-state index >= 15 is 0 Å². The van der Waals surface area contributed by atoms with Crippen LogP contribution in [0.2, 0.25) is 0 Å². The van der Waals surface area contributed by atoms with E-state index in [0.29, 0.717) is 20.1 Å². The second-order valence-electron chi connectivity index (χ2n) is 9.00. The van der Waals surface area contributed by atoms with Gasteiger partial charge in [-0.05, 0) is 56.2 Å². The van der Waals surface area contributed by atoms with Crippen molar-refractivity contribution in [3.63, 3.8) is 0 Å². The molecular formula is C32H20Br4N4O2S2Zn. The third kappa shape index (κ3) is 9.81. The molecule has 0 aliphatic heterocycles. The molecule has 2 aliphatic carbocycles. The summed E-state index contributed by atoms with van der Waals surface area (Å²) in [6.07, 6.45) is 10.3. The first-order valence-electron chi connectivity index (χ1n) is 12.8. The monoisotopic (exact) mass is 936 g/mol. The molecule has 222 valence electrons. The number of Topliss-reactive ketones (excluding diaryl/α,β-unsaturated/α-hetero) is 2. The summed E-state index contributed by atoms with van der Waals surface area (Å²) < 4.78 is 2.74. The van der Waals surface area contributed by atoms with Gasteiger partial charge in [0.2, 0.25) is 11.6 Å². The number of thiazole rings is 2. The number of anilines is 2. The van der Waals surface area contributed by atoms with Crippen LogP contribution in [0.5, 0.6) is 0 Å². The Bertz CT molecular complexity index is 1760. The van der Waals surface area contributed by atoms with Gasteiger partial charge in [0.1, 0.15) is 0 Å². The van der Waals surface area contributed by atoms with Crippen molar-refractivity contribution in [2.75, 3.05) is 10.6 Å². The van der Waals surface area contributed by atoms with Crippen LogP contribution in [0.15, 0.2) is 137 Å². The SMILES string of the molecule is O=C1C(Br)=CC(Br)=CC1=CNc1nc(-c2ccccc2)cs1.O=C1C(Br)=CC(Br)=CC1=CNc1nc(-c2ccccc2)cs1.[Zn]. The van der Waals surface area contributed by atoms with Crippen LogP contribution in [0.25, 0.3) is 22.5 Å². The second kappa shape index (κ2) is 17.0. The normalized spacial score (nSPS) is 16.1. The fourth-order valence-corrected chi connectivity index (χ4v) is 7.71. The number of ketones is 2.